The molecule has 0 saturated carbocycles. The molecule has 0 aliphatic carbocycles. The van der Waals surface area contributed by atoms with E-state index in [0.29, 0.717) is 0 Å². The molecule has 0 radical (unpaired) electrons. The van der Waals surface area contributed by atoms with E-state index in [1.54, 1.807) is 7.11 Å². The molecule has 0 bridgehead atoms. The lowest BCUT2D eigenvalue weighted by atomic mass is 9.92. The molecule has 0 saturated heterocycles. The van der Waals surface area contributed by atoms with Crippen molar-refractivity contribution < 1.29 is 14.3 Å². The maximum atomic E-state index is 12.9. The van der Waals surface area contributed by atoms with E-state index >= 15 is 0 Å². The molecule has 0 amide bonds. The minimum Gasteiger partial charge on any atom is -0.497 e. The van der Waals surface area contributed by atoms with Gasteiger partial charge in [-0.3, -0.25) is 4.79 Å². The largest absolute Gasteiger partial charge is 0.497 e. The molecule has 2 aromatic carbocycles. The smallest absolute Gasteiger partial charge is 0.319 e. The number of fused-ring (bicyclic) bond motifs is 1. The van der Waals surface area contributed by atoms with Crippen molar-refractivity contribution in [3.63, 3.8) is 0 Å². The fourth-order valence-electron chi connectivity index (χ4n) is 3.42. The summed E-state index contributed by atoms with van der Waals surface area (Å²) in [7, 11) is 3.02. The van der Waals surface area contributed by atoms with Crippen LogP contribution in [0.5, 0.6) is 5.75 Å². The Bertz CT molecular complexity index is 1100. The quantitative estimate of drug-likeness (QED) is 0.490. The maximum absolute atomic E-state index is 12.9. The molecule has 4 rings (SSSR count). The van der Waals surface area contributed by atoms with Crippen LogP contribution >= 0.6 is 0 Å². The second-order valence-corrected chi connectivity index (χ2v) is 6.37. The molecule has 0 aliphatic heterocycles. The van der Waals surface area contributed by atoms with Gasteiger partial charge < -0.3 is 13.9 Å². The van der Waals surface area contributed by atoms with Crippen LogP contribution in [0.4, 0.5) is 0 Å². The fraction of sp³-hybridized carbons (Fsp3) is 0.130. The van der Waals surface area contributed by atoms with Gasteiger partial charge in [0.1, 0.15) is 17.3 Å². The van der Waals surface area contributed by atoms with Crippen molar-refractivity contribution in [2.45, 2.75) is 5.92 Å². The third kappa shape index (κ3) is 3.11. The Morgan fingerprint density at radius 3 is 2.32 bits per heavy atom. The standard InChI is InChI=1S/C23H20N2O3/c1-27-18-13-11-16(12-14-18)20(23(26)28-2)22-21(17-8-4-3-5-9-17)24-19-10-6-7-15-25(19)22/h3-15,20H,1-2H3. The van der Waals surface area contributed by atoms with Crippen LogP contribution < -0.4 is 4.74 Å². The van der Waals surface area contributed by atoms with Gasteiger partial charge >= 0.3 is 5.97 Å². The normalized spacial score (nSPS) is 11.9. The number of carbonyl (C=O) groups is 1. The van der Waals surface area contributed by atoms with Crippen molar-refractivity contribution >= 4 is 11.6 Å². The molecule has 2 heterocycles. The second kappa shape index (κ2) is 7.56. The van der Waals surface area contributed by atoms with Gasteiger partial charge in [-0.2, -0.15) is 0 Å². The number of nitrogens with zero attached hydrogens (tertiary/aromatic N) is 2. The van der Waals surface area contributed by atoms with Crippen LogP contribution in [0.15, 0.2) is 79.0 Å². The molecular weight excluding hydrogens is 352 g/mol. The number of imidazole rings is 1. The summed E-state index contributed by atoms with van der Waals surface area (Å²) in [6.07, 6.45) is 1.92. The van der Waals surface area contributed by atoms with E-state index in [0.717, 1.165) is 33.9 Å². The predicted octanol–water partition coefficient (Wildman–Crippen LogP) is 4.31. The summed E-state index contributed by atoms with van der Waals surface area (Å²) in [5.41, 5.74) is 4.08. The number of ether oxygens (including phenoxy) is 2. The molecule has 0 spiro atoms. The molecule has 2 aromatic heterocycles. The van der Waals surface area contributed by atoms with Gasteiger partial charge in [-0.25, -0.2) is 4.98 Å². The number of methoxy groups -OCH3 is 2. The summed E-state index contributed by atoms with van der Waals surface area (Å²) in [6.45, 7) is 0. The van der Waals surface area contributed by atoms with Gasteiger partial charge in [0.25, 0.3) is 0 Å². The molecule has 5 nitrogen and oxygen atoms in total. The van der Waals surface area contributed by atoms with Crippen molar-refractivity contribution in [1.29, 1.82) is 0 Å². The lowest BCUT2D eigenvalue weighted by Gasteiger charge is -2.17. The summed E-state index contributed by atoms with van der Waals surface area (Å²) in [6, 6.07) is 23.1. The fourth-order valence-corrected chi connectivity index (χ4v) is 3.42. The molecule has 1 atom stereocenters. The minimum absolute atomic E-state index is 0.340. The highest BCUT2D eigenvalue weighted by atomic mass is 16.5. The first-order valence-electron chi connectivity index (χ1n) is 8.97. The number of pyridine rings is 1. The number of aromatic nitrogens is 2. The predicted molar refractivity (Wildman–Crippen MR) is 107 cm³/mol. The summed E-state index contributed by atoms with van der Waals surface area (Å²) in [4.78, 5) is 17.7. The molecule has 28 heavy (non-hydrogen) atoms. The lowest BCUT2D eigenvalue weighted by molar-refractivity contribution is -0.141. The minimum atomic E-state index is -0.622. The van der Waals surface area contributed by atoms with Gasteiger partial charge in [0.15, 0.2) is 0 Å². The average Bonchev–Trinajstić information content (AvgIpc) is 3.14. The molecule has 140 valence electrons. The number of hydrogen-bond donors (Lipinski definition) is 0. The van der Waals surface area contributed by atoms with E-state index in [4.69, 9.17) is 14.5 Å². The molecule has 0 fully saturated rings. The topological polar surface area (TPSA) is 52.8 Å². The first-order valence-corrected chi connectivity index (χ1v) is 8.97. The van der Waals surface area contributed by atoms with E-state index in [1.165, 1.54) is 7.11 Å². The van der Waals surface area contributed by atoms with Crippen molar-refractivity contribution in [1.82, 2.24) is 9.38 Å². The van der Waals surface area contributed by atoms with Gasteiger partial charge in [-0.05, 0) is 29.8 Å². The van der Waals surface area contributed by atoms with Crippen LogP contribution in [0.2, 0.25) is 0 Å². The van der Waals surface area contributed by atoms with Crippen molar-refractivity contribution in [2.75, 3.05) is 14.2 Å². The molecule has 5 heteroatoms. The highest BCUT2D eigenvalue weighted by Gasteiger charge is 2.30. The summed E-state index contributed by atoms with van der Waals surface area (Å²) < 4.78 is 12.4. The monoisotopic (exact) mass is 372 g/mol. The van der Waals surface area contributed by atoms with E-state index in [2.05, 4.69) is 0 Å². The SMILES string of the molecule is COC(=O)C(c1ccc(OC)cc1)c1c(-c2ccccc2)nc2ccccn12. The Kier molecular flexibility index (Phi) is 4.81. The Morgan fingerprint density at radius 2 is 1.64 bits per heavy atom. The van der Waals surface area contributed by atoms with Crippen LogP contribution in [-0.4, -0.2) is 29.6 Å². The van der Waals surface area contributed by atoms with E-state index in [-0.39, 0.29) is 5.97 Å². The molecule has 4 aromatic rings. The number of rotatable bonds is 5. The van der Waals surface area contributed by atoms with Crippen LogP contribution in [0.25, 0.3) is 16.9 Å². The van der Waals surface area contributed by atoms with Gasteiger partial charge in [0.2, 0.25) is 0 Å². The van der Waals surface area contributed by atoms with Crippen LogP contribution in [0, 0.1) is 0 Å². The van der Waals surface area contributed by atoms with Crippen LogP contribution in [0.1, 0.15) is 17.2 Å². The first-order chi connectivity index (χ1) is 13.7. The van der Waals surface area contributed by atoms with Crippen molar-refractivity contribution in [3.8, 4) is 17.0 Å². The van der Waals surface area contributed by atoms with Crippen molar-refractivity contribution in [2.24, 2.45) is 0 Å². The lowest BCUT2D eigenvalue weighted by Crippen LogP contribution is -2.18. The third-order valence-corrected chi connectivity index (χ3v) is 4.77. The Labute approximate surface area is 163 Å². The Morgan fingerprint density at radius 1 is 0.929 bits per heavy atom. The zero-order valence-corrected chi connectivity index (χ0v) is 15.7. The maximum Gasteiger partial charge on any atom is 0.319 e. The summed E-state index contributed by atoms with van der Waals surface area (Å²) in [5, 5.41) is 0. The van der Waals surface area contributed by atoms with Crippen LogP contribution in [-0.2, 0) is 9.53 Å². The Hall–Kier alpha value is -3.60. The zero-order chi connectivity index (χ0) is 19.5. The zero-order valence-electron chi connectivity index (χ0n) is 15.7. The summed E-state index contributed by atoms with van der Waals surface area (Å²) >= 11 is 0. The van der Waals surface area contributed by atoms with Gasteiger partial charge in [0, 0.05) is 11.8 Å². The summed E-state index contributed by atoms with van der Waals surface area (Å²) in [5.74, 6) is -0.231. The van der Waals surface area contributed by atoms with E-state index in [1.807, 2.05) is 83.4 Å². The van der Waals surface area contributed by atoms with Gasteiger partial charge in [-0.15, -0.1) is 0 Å². The number of esters is 1. The van der Waals surface area contributed by atoms with E-state index < -0.39 is 5.92 Å². The first kappa shape index (κ1) is 17.8. The van der Waals surface area contributed by atoms with Crippen LogP contribution in [0.3, 0.4) is 0 Å². The highest BCUT2D eigenvalue weighted by molar-refractivity contribution is 5.85. The average molecular weight is 372 g/mol. The number of benzene rings is 2. The molecule has 0 N–H and O–H groups in total. The second-order valence-electron chi connectivity index (χ2n) is 6.37. The van der Waals surface area contributed by atoms with Crippen molar-refractivity contribution in [3.05, 3.63) is 90.3 Å². The Balaban J connectivity index is 1.98. The molecular formula is C23H20N2O3. The number of hydrogen-bond acceptors (Lipinski definition) is 4. The van der Waals surface area contributed by atoms with Gasteiger partial charge in [0.05, 0.1) is 25.6 Å². The third-order valence-electron chi connectivity index (χ3n) is 4.77. The molecule has 1 unspecified atom stereocenters. The highest BCUT2D eigenvalue weighted by Crippen LogP contribution is 2.35. The molecule has 0 aliphatic rings. The van der Waals surface area contributed by atoms with E-state index in [9.17, 15) is 4.79 Å². The number of carbonyl (C=O) groups excluding carboxylic acids is 1. The van der Waals surface area contributed by atoms with Gasteiger partial charge in [-0.1, -0.05) is 48.5 Å².